The lowest BCUT2D eigenvalue weighted by atomic mass is 9.75. The van der Waals surface area contributed by atoms with Crippen molar-refractivity contribution in [3.63, 3.8) is 0 Å². The molecule has 0 radical (unpaired) electrons. The van der Waals surface area contributed by atoms with E-state index in [9.17, 15) is 13.9 Å². The maximum Gasteiger partial charge on any atom is 0.333 e. The van der Waals surface area contributed by atoms with Gasteiger partial charge >= 0.3 is 5.97 Å². The average Bonchev–Trinajstić information content (AvgIpc) is 3.14. The number of fused-ring (bicyclic) bond motifs is 1. The predicted molar refractivity (Wildman–Crippen MR) is 189 cm³/mol. The zero-order valence-electron chi connectivity index (χ0n) is 28.0. The molecule has 0 spiro atoms. The number of ether oxygens (including phenoxy) is 3. The van der Waals surface area contributed by atoms with Crippen LogP contribution in [0.2, 0.25) is 0 Å². The summed E-state index contributed by atoms with van der Waals surface area (Å²) in [5, 5.41) is 0. The van der Waals surface area contributed by atoms with Crippen LogP contribution < -0.4 is 9.47 Å². The van der Waals surface area contributed by atoms with Gasteiger partial charge < -0.3 is 14.2 Å². The van der Waals surface area contributed by atoms with E-state index >= 15 is 0 Å². The standard InChI is InChI=1S/C37H49NO6S2/c1-7-9-20-37(21-10-8-2)25-32(29-14-12-11-13-15-29)31-23-34(45-6)33(44-27(3)22-36(39)43-5)24-35(31)46(40,41)38(37)26-28-16-18-30(42-4)19-17-28/h11-19,22-24,32,40-41H,7-10,20-21,25-26H2,1-6H3/b27-22+. The molecule has 0 aromatic heterocycles. The maximum atomic E-state index is 12.7. The molecule has 0 amide bonds. The third-order valence-electron chi connectivity index (χ3n) is 8.86. The highest BCUT2D eigenvalue weighted by Crippen LogP contribution is 2.65. The number of unbranched alkanes of at least 4 members (excludes halogenated alkanes) is 2. The van der Waals surface area contributed by atoms with Gasteiger partial charge in [-0.05, 0) is 67.3 Å². The number of esters is 1. The number of nitrogens with zero attached hydrogens (tertiary/aromatic N) is 1. The first-order chi connectivity index (χ1) is 22.1. The molecule has 0 fully saturated rings. The molecule has 9 heteroatoms. The number of hydrogen-bond donors (Lipinski definition) is 2. The Morgan fingerprint density at radius 1 is 1.02 bits per heavy atom. The molecule has 3 aromatic carbocycles. The van der Waals surface area contributed by atoms with Gasteiger partial charge in [-0.3, -0.25) is 9.11 Å². The minimum absolute atomic E-state index is 0.0800. The van der Waals surface area contributed by atoms with Crippen molar-refractivity contribution >= 4 is 28.5 Å². The van der Waals surface area contributed by atoms with E-state index in [1.165, 1.54) is 24.9 Å². The third kappa shape index (κ3) is 8.12. The molecule has 0 bridgehead atoms. The summed E-state index contributed by atoms with van der Waals surface area (Å²) in [6.07, 6.45) is 9.64. The van der Waals surface area contributed by atoms with Crippen LogP contribution in [0, 0.1) is 0 Å². The second-order valence-corrected chi connectivity index (χ2v) is 14.7. The lowest BCUT2D eigenvalue weighted by molar-refractivity contribution is -0.135. The van der Waals surface area contributed by atoms with Gasteiger partial charge in [-0.1, -0.05) is 82.0 Å². The topological polar surface area (TPSA) is 88.5 Å². The number of methoxy groups -OCH3 is 2. The van der Waals surface area contributed by atoms with Gasteiger partial charge in [0.2, 0.25) is 0 Å². The van der Waals surface area contributed by atoms with Crippen LogP contribution in [-0.2, 0) is 16.1 Å². The number of allylic oxidation sites excluding steroid dienone is 1. The van der Waals surface area contributed by atoms with Crippen molar-refractivity contribution in [1.82, 2.24) is 4.31 Å². The zero-order chi connectivity index (χ0) is 33.3. The summed E-state index contributed by atoms with van der Waals surface area (Å²) >= 11 is 1.53. The van der Waals surface area contributed by atoms with E-state index in [0.29, 0.717) is 22.9 Å². The molecule has 1 heterocycles. The Kier molecular flexibility index (Phi) is 12.7. The molecule has 0 aliphatic carbocycles. The van der Waals surface area contributed by atoms with E-state index in [2.05, 4.69) is 44.2 Å². The monoisotopic (exact) mass is 667 g/mol. The first-order valence-corrected chi connectivity index (χ1v) is 18.7. The van der Waals surface area contributed by atoms with Crippen LogP contribution in [0.5, 0.6) is 11.5 Å². The molecule has 7 nitrogen and oxygen atoms in total. The van der Waals surface area contributed by atoms with Crippen molar-refractivity contribution in [2.75, 3.05) is 20.5 Å². The molecular weight excluding hydrogens is 619 g/mol. The third-order valence-corrected chi connectivity index (χ3v) is 11.7. The smallest absolute Gasteiger partial charge is 0.333 e. The Morgan fingerprint density at radius 3 is 2.24 bits per heavy atom. The van der Waals surface area contributed by atoms with Crippen molar-refractivity contribution in [3.05, 3.63) is 95.3 Å². The quantitative estimate of drug-likeness (QED) is 0.0760. The average molecular weight is 668 g/mol. The molecule has 3 aromatic rings. The van der Waals surface area contributed by atoms with Crippen LogP contribution in [0.4, 0.5) is 0 Å². The van der Waals surface area contributed by atoms with Crippen molar-refractivity contribution in [2.45, 2.75) is 93.5 Å². The molecule has 2 N–H and O–H groups in total. The van der Waals surface area contributed by atoms with E-state index in [4.69, 9.17) is 14.2 Å². The lowest BCUT2D eigenvalue weighted by Gasteiger charge is -2.53. The van der Waals surface area contributed by atoms with Crippen molar-refractivity contribution in [1.29, 1.82) is 0 Å². The Bertz CT molecular complexity index is 1470. The van der Waals surface area contributed by atoms with Crippen LogP contribution >= 0.6 is 22.5 Å². The minimum Gasteiger partial charge on any atom is -0.497 e. The molecule has 1 aliphatic heterocycles. The van der Waals surface area contributed by atoms with Gasteiger partial charge in [-0.15, -0.1) is 22.5 Å². The van der Waals surface area contributed by atoms with Gasteiger partial charge in [0.15, 0.2) is 0 Å². The van der Waals surface area contributed by atoms with Crippen molar-refractivity contribution in [2.24, 2.45) is 0 Å². The Balaban J connectivity index is 2.00. The fourth-order valence-electron chi connectivity index (χ4n) is 6.44. The van der Waals surface area contributed by atoms with Crippen molar-refractivity contribution < 1.29 is 28.1 Å². The van der Waals surface area contributed by atoms with Gasteiger partial charge in [-0.2, -0.15) is 4.31 Å². The van der Waals surface area contributed by atoms with E-state index in [-0.39, 0.29) is 5.92 Å². The molecule has 0 saturated carbocycles. The molecule has 4 rings (SSSR count). The Morgan fingerprint density at radius 2 is 1.67 bits per heavy atom. The molecule has 46 heavy (non-hydrogen) atoms. The number of rotatable bonds is 14. The van der Waals surface area contributed by atoms with Gasteiger partial charge in [0.25, 0.3) is 0 Å². The van der Waals surface area contributed by atoms with Gasteiger partial charge in [0.05, 0.1) is 30.1 Å². The summed E-state index contributed by atoms with van der Waals surface area (Å²) in [4.78, 5) is 13.3. The Labute approximate surface area is 280 Å². The van der Waals surface area contributed by atoms with Crippen LogP contribution in [0.15, 0.2) is 88.4 Å². The molecule has 250 valence electrons. The molecule has 1 unspecified atom stereocenters. The highest BCUT2D eigenvalue weighted by Gasteiger charge is 2.49. The second kappa shape index (κ2) is 16.2. The number of thioether (sulfide) groups is 1. The van der Waals surface area contributed by atoms with E-state index in [1.807, 2.05) is 40.9 Å². The Hall–Kier alpha value is -2.95. The van der Waals surface area contributed by atoms with Crippen LogP contribution in [0.25, 0.3) is 0 Å². The summed E-state index contributed by atoms with van der Waals surface area (Å²) in [6, 6.07) is 22.1. The minimum atomic E-state index is -3.55. The summed E-state index contributed by atoms with van der Waals surface area (Å²) in [5.41, 5.74) is 2.52. The first kappa shape index (κ1) is 35.9. The summed E-state index contributed by atoms with van der Waals surface area (Å²) in [7, 11) is -0.586. The maximum absolute atomic E-state index is 12.7. The highest BCUT2D eigenvalue weighted by molar-refractivity contribution is 8.22. The van der Waals surface area contributed by atoms with Gasteiger partial charge in [0, 0.05) is 24.1 Å². The van der Waals surface area contributed by atoms with Crippen LogP contribution in [0.1, 0.15) is 88.3 Å². The normalized spacial score (nSPS) is 18.3. The second-order valence-electron chi connectivity index (χ2n) is 11.9. The number of hydrogen-bond acceptors (Lipinski definition) is 8. The summed E-state index contributed by atoms with van der Waals surface area (Å²) < 4.78 is 43.9. The van der Waals surface area contributed by atoms with Crippen molar-refractivity contribution in [3.8, 4) is 11.5 Å². The number of benzene rings is 3. The molecule has 1 atom stereocenters. The van der Waals surface area contributed by atoms with E-state index in [0.717, 1.165) is 72.3 Å². The molecular formula is C37H49NO6S2. The summed E-state index contributed by atoms with van der Waals surface area (Å²) in [5.74, 6) is 0.972. The van der Waals surface area contributed by atoms with E-state index in [1.54, 1.807) is 20.1 Å². The van der Waals surface area contributed by atoms with E-state index < -0.39 is 22.3 Å². The van der Waals surface area contributed by atoms with Crippen LogP contribution in [-0.4, -0.2) is 45.4 Å². The van der Waals surface area contributed by atoms with Crippen LogP contribution in [0.3, 0.4) is 0 Å². The van der Waals surface area contributed by atoms with Gasteiger partial charge in [-0.25, -0.2) is 4.79 Å². The largest absolute Gasteiger partial charge is 0.497 e. The first-order valence-electron chi connectivity index (χ1n) is 16.0. The van der Waals surface area contributed by atoms with Gasteiger partial charge in [0.1, 0.15) is 17.3 Å². The molecule has 0 saturated heterocycles. The predicted octanol–water partition coefficient (Wildman–Crippen LogP) is 10.1. The lowest BCUT2D eigenvalue weighted by Crippen LogP contribution is -2.49. The molecule has 1 aliphatic rings. The number of carbonyl (C=O) groups is 1. The number of carbonyl (C=O) groups excluding carboxylic acids is 1. The zero-order valence-corrected chi connectivity index (χ0v) is 29.6. The fourth-order valence-corrected chi connectivity index (χ4v) is 9.13. The SMILES string of the molecule is CCCCC1(CCCC)CC(c2ccccc2)c2cc(SC)c(O/C(C)=C/C(=O)OC)cc2S(O)(O)N1Cc1ccc(OC)cc1. The fraction of sp³-hybridized carbons (Fsp3) is 0.432. The summed E-state index contributed by atoms with van der Waals surface area (Å²) in [6.45, 7) is 6.44. The highest BCUT2D eigenvalue weighted by atomic mass is 32.3.